The predicted molar refractivity (Wildman–Crippen MR) is 47.2 cm³/mol. The lowest BCUT2D eigenvalue weighted by atomic mass is 10.5. The highest BCUT2D eigenvalue weighted by Crippen LogP contribution is 2.20. The van der Waals surface area contributed by atoms with Gasteiger partial charge in [0.05, 0.1) is 28.3 Å². The zero-order valence-electron chi connectivity index (χ0n) is 8.57. The summed E-state index contributed by atoms with van der Waals surface area (Å²) in [5, 5.41) is 9.51. The number of carbonyl (C=O) groups is 1. The second-order valence-electron chi connectivity index (χ2n) is 2.98. The van der Waals surface area contributed by atoms with E-state index < -0.39 is 5.97 Å². The Bertz CT molecular complexity index is 356. The molecule has 0 saturated carbocycles. The number of rotatable bonds is 2. The van der Waals surface area contributed by atoms with E-state index in [2.05, 4.69) is 4.74 Å². The number of anilines is 1. The van der Waals surface area contributed by atoms with E-state index in [9.17, 15) is 9.90 Å². The molecule has 0 aliphatic rings. The minimum Gasteiger partial charge on any atom is -0.475 e. The zero-order valence-corrected chi connectivity index (χ0v) is 8.57. The highest BCUT2D eigenvalue weighted by atomic mass is 16.5. The Morgan fingerprint density at radius 3 is 2.50 bits per heavy atom. The Hall–Kier alpha value is -1.72. The molecule has 0 saturated heterocycles. The molecule has 0 atom stereocenters. The van der Waals surface area contributed by atoms with Crippen LogP contribution in [0.15, 0.2) is 4.42 Å². The lowest BCUT2D eigenvalue weighted by Gasteiger charge is -1.98. The first kappa shape index (κ1) is 10.4. The van der Waals surface area contributed by atoms with Gasteiger partial charge in [-0.3, -0.25) is 0 Å². The Morgan fingerprint density at radius 1 is 1.57 bits per heavy atom. The average molecular weight is 201 g/mol. The highest BCUT2D eigenvalue weighted by Gasteiger charge is 2.29. The van der Waals surface area contributed by atoms with Gasteiger partial charge in [0.25, 0.3) is 0 Å². The van der Waals surface area contributed by atoms with Gasteiger partial charge in [-0.15, -0.1) is 0 Å². The summed E-state index contributed by atoms with van der Waals surface area (Å²) >= 11 is 0. The molecule has 1 rings (SSSR count). The first-order valence-corrected chi connectivity index (χ1v) is 3.96. The van der Waals surface area contributed by atoms with Crippen LogP contribution < -0.4 is 9.47 Å². The quantitative estimate of drug-likeness (QED) is 0.524. The maximum Gasteiger partial charge on any atom is 0.459 e. The Labute approximate surface area is 81.3 Å². The van der Waals surface area contributed by atoms with Crippen LogP contribution in [0.4, 0.5) is 6.01 Å². The van der Waals surface area contributed by atoms with E-state index in [0.29, 0.717) is 6.01 Å². The van der Waals surface area contributed by atoms with Crippen LogP contribution in [0, 0.1) is 0 Å². The summed E-state index contributed by atoms with van der Waals surface area (Å²) in [6.07, 6.45) is 0. The molecule has 0 spiro atoms. The van der Waals surface area contributed by atoms with Crippen LogP contribution in [0.3, 0.4) is 0 Å². The first-order chi connectivity index (χ1) is 6.49. The molecule has 0 aromatic carbocycles. The normalized spacial score (nSPS) is 10.0. The molecule has 0 bridgehead atoms. The number of esters is 1. The molecule has 1 N–H and O–H groups in total. The maximum absolute atomic E-state index is 11.1. The number of aromatic hydroxyl groups is 1. The van der Waals surface area contributed by atoms with Gasteiger partial charge in [0.1, 0.15) is 0 Å². The zero-order chi connectivity index (χ0) is 10.9. The van der Waals surface area contributed by atoms with Gasteiger partial charge in [-0.1, -0.05) is 0 Å². The topological polar surface area (TPSA) is 66.8 Å². The van der Waals surface area contributed by atoms with Gasteiger partial charge in [0.2, 0.25) is 0 Å². The standard InChI is InChI=1S/C8H12N2O4/c1-9(2)8-10(3)6(11)5(14-8)7(12)13-4/h1-4H3/p+1. The van der Waals surface area contributed by atoms with Crippen molar-refractivity contribution in [1.29, 1.82) is 0 Å². The van der Waals surface area contributed by atoms with Crippen molar-refractivity contribution in [2.75, 3.05) is 26.1 Å². The fraction of sp³-hybridized carbons (Fsp3) is 0.500. The van der Waals surface area contributed by atoms with Crippen molar-refractivity contribution in [3.05, 3.63) is 5.76 Å². The molecule has 6 heteroatoms. The summed E-state index contributed by atoms with van der Waals surface area (Å²) < 4.78 is 10.9. The second kappa shape index (κ2) is 3.57. The van der Waals surface area contributed by atoms with Crippen LogP contribution in [0.2, 0.25) is 0 Å². The third-order valence-corrected chi connectivity index (χ3v) is 1.75. The molecule has 0 aliphatic carbocycles. The molecule has 0 aliphatic heterocycles. The van der Waals surface area contributed by atoms with E-state index in [1.807, 2.05) is 0 Å². The second-order valence-corrected chi connectivity index (χ2v) is 2.98. The van der Waals surface area contributed by atoms with Crippen molar-refractivity contribution in [2.45, 2.75) is 0 Å². The van der Waals surface area contributed by atoms with Crippen LogP contribution in [0.1, 0.15) is 10.6 Å². The summed E-state index contributed by atoms with van der Waals surface area (Å²) in [7, 11) is 6.28. The molecule has 78 valence electrons. The van der Waals surface area contributed by atoms with E-state index in [4.69, 9.17) is 4.42 Å². The van der Waals surface area contributed by atoms with E-state index in [1.54, 1.807) is 26.0 Å². The molecule has 14 heavy (non-hydrogen) atoms. The van der Waals surface area contributed by atoms with E-state index >= 15 is 0 Å². The van der Waals surface area contributed by atoms with E-state index in [1.165, 1.54) is 11.7 Å². The monoisotopic (exact) mass is 201 g/mol. The van der Waals surface area contributed by atoms with Gasteiger partial charge >= 0.3 is 23.6 Å². The third kappa shape index (κ3) is 1.50. The Kier molecular flexibility index (Phi) is 2.64. The fourth-order valence-corrected chi connectivity index (χ4v) is 1.07. The van der Waals surface area contributed by atoms with Crippen molar-refractivity contribution < 1.29 is 23.6 Å². The van der Waals surface area contributed by atoms with Crippen LogP contribution >= 0.6 is 0 Å². The SMILES string of the molecule is COC(=O)c1oc(N(C)C)[n+](C)c1O. The number of ether oxygens (including phenoxy) is 1. The number of methoxy groups -OCH3 is 1. The van der Waals surface area contributed by atoms with Gasteiger partial charge in [0.15, 0.2) is 0 Å². The smallest absolute Gasteiger partial charge is 0.459 e. The van der Waals surface area contributed by atoms with E-state index in [0.717, 1.165) is 0 Å². The molecule has 0 unspecified atom stereocenters. The van der Waals surface area contributed by atoms with Gasteiger partial charge in [0, 0.05) is 0 Å². The minimum absolute atomic E-state index is 0.196. The van der Waals surface area contributed by atoms with Crippen molar-refractivity contribution in [3.63, 3.8) is 0 Å². The number of hydrogen-bond acceptors (Lipinski definition) is 5. The number of carbonyl (C=O) groups excluding carboxylic acids is 1. The van der Waals surface area contributed by atoms with Crippen molar-refractivity contribution in [2.24, 2.45) is 7.05 Å². The van der Waals surface area contributed by atoms with Crippen LogP contribution in [0.5, 0.6) is 5.88 Å². The van der Waals surface area contributed by atoms with Crippen molar-refractivity contribution >= 4 is 12.0 Å². The lowest BCUT2D eigenvalue weighted by Crippen LogP contribution is -2.33. The molecule has 0 amide bonds. The van der Waals surface area contributed by atoms with Gasteiger partial charge < -0.3 is 14.3 Å². The molecular weight excluding hydrogens is 188 g/mol. The number of hydrogen-bond donors (Lipinski definition) is 1. The number of nitrogens with zero attached hydrogens (tertiary/aromatic N) is 2. The van der Waals surface area contributed by atoms with Gasteiger partial charge in [-0.2, -0.15) is 4.57 Å². The summed E-state index contributed by atoms with van der Waals surface area (Å²) in [5.74, 6) is -1.15. The van der Waals surface area contributed by atoms with Crippen LogP contribution in [-0.4, -0.2) is 32.3 Å². The first-order valence-electron chi connectivity index (χ1n) is 3.96. The largest absolute Gasteiger partial charge is 0.475 e. The van der Waals surface area contributed by atoms with E-state index in [-0.39, 0.29) is 11.6 Å². The van der Waals surface area contributed by atoms with Gasteiger partial charge in [-0.25, -0.2) is 9.69 Å². The maximum atomic E-state index is 11.1. The number of oxazole rings is 1. The van der Waals surface area contributed by atoms with Crippen LogP contribution in [-0.2, 0) is 11.8 Å². The Morgan fingerprint density at radius 2 is 2.14 bits per heavy atom. The molecule has 1 heterocycles. The summed E-state index contributed by atoms with van der Waals surface area (Å²) in [4.78, 5) is 12.7. The lowest BCUT2D eigenvalue weighted by molar-refractivity contribution is -0.666. The summed E-state index contributed by atoms with van der Waals surface area (Å²) in [5.41, 5.74) is 0. The number of aromatic nitrogens is 1. The van der Waals surface area contributed by atoms with Crippen LogP contribution in [0.25, 0.3) is 0 Å². The Balaban J connectivity index is 3.21. The predicted octanol–water partition coefficient (Wildman–Crippen LogP) is -0.338. The van der Waals surface area contributed by atoms with Crippen molar-refractivity contribution in [3.8, 4) is 5.88 Å². The summed E-state index contributed by atoms with van der Waals surface area (Å²) in [6.45, 7) is 0. The molecule has 1 aromatic rings. The van der Waals surface area contributed by atoms with Gasteiger partial charge in [-0.05, 0) is 0 Å². The summed E-state index contributed by atoms with van der Waals surface area (Å²) in [6, 6.07) is 0.364. The fourth-order valence-electron chi connectivity index (χ4n) is 1.07. The third-order valence-electron chi connectivity index (χ3n) is 1.75. The van der Waals surface area contributed by atoms with Crippen molar-refractivity contribution in [1.82, 2.24) is 0 Å². The average Bonchev–Trinajstić information content (AvgIpc) is 2.43. The molecular formula is C8H13N2O4+. The highest BCUT2D eigenvalue weighted by molar-refractivity contribution is 5.88. The molecule has 0 fully saturated rings. The molecule has 0 radical (unpaired) electrons. The molecule has 1 aromatic heterocycles. The minimum atomic E-state index is -0.703. The molecule has 6 nitrogen and oxygen atoms in total.